The fourth-order valence-electron chi connectivity index (χ4n) is 1.22. The van der Waals surface area contributed by atoms with Crippen molar-refractivity contribution in [2.24, 2.45) is 0 Å². The lowest BCUT2D eigenvalue weighted by Gasteiger charge is -2.41. The smallest absolute Gasteiger partial charge is 0.0927 e. The molecule has 2 heteroatoms. The SMILES string of the molecule is C=C(C)N1CC(OC(C)C)C1. The molecule has 0 aromatic heterocycles. The Morgan fingerprint density at radius 3 is 2.45 bits per heavy atom. The van der Waals surface area contributed by atoms with Gasteiger partial charge in [0.25, 0.3) is 0 Å². The Hall–Kier alpha value is -0.500. The van der Waals surface area contributed by atoms with E-state index >= 15 is 0 Å². The Balaban J connectivity index is 2.14. The Labute approximate surface area is 68.8 Å². The lowest BCUT2D eigenvalue weighted by atomic mass is 10.1. The van der Waals surface area contributed by atoms with E-state index in [0.717, 1.165) is 18.8 Å². The van der Waals surface area contributed by atoms with Crippen molar-refractivity contribution in [2.45, 2.75) is 33.0 Å². The van der Waals surface area contributed by atoms with Gasteiger partial charge in [-0.1, -0.05) is 6.58 Å². The Morgan fingerprint density at radius 2 is 2.09 bits per heavy atom. The van der Waals surface area contributed by atoms with Crippen molar-refractivity contribution in [3.63, 3.8) is 0 Å². The van der Waals surface area contributed by atoms with Gasteiger partial charge in [-0.15, -0.1) is 0 Å². The summed E-state index contributed by atoms with van der Waals surface area (Å²) in [4.78, 5) is 2.23. The molecule has 0 radical (unpaired) electrons. The maximum Gasteiger partial charge on any atom is 0.0927 e. The Kier molecular flexibility index (Phi) is 2.55. The van der Waals surface area contributed by atoms with Gasteiger partial charge in [-0.3, -0.25) is 0 Å². The van der Waals surface area contributed by atoms with Crippen molar-refractivity contribution in [1.29, 1.82) is 0 Å². The van der Waals surface area contributed by atoms with Crippen LogP contribution in [0.3, 0.4) is 0 Å². The summed E-state index contributed by atoms with van der Waals surface area (Å²) in [5.74, 6) is 0. The first-order chi connectivity index (χ1) is 5.09. The van der Waals surface area contributed by atoms with Crippen LogP contribution >= 0.6 is 0 Å². The zero-order chi connectivity index (χ0) is 8.43. The summed E-state index contributed by atoms with van der Waals surface area (Å²) in [6.07, 6.45) is 0.791. The van der Waals surface area contributed by atoms with Crippen LogP contribution in [0.15, 0.2) is 12.3 Å². The van der Waals surface area contributed by atoms with Gasteiger partial charge in [-0.2, -0.15) is 0 Å². The zero-order valence-electron chi connectivity index (χ0n) is 7.63. The third-order valence-electron chi connectivity index (χ3n) is 1.85. The number of allylic oxidation sites excluding steroid dienone is 1. The quantitative estimate of drug-likeness (QED) is 0.614. The Morgan fingerprint density at radius 1 is 1.55 bits per heavy atom. The number of hydrogen-bond acceptors (Lipinski definition) is 2. The van der Waals surface area contributed by atoms with Crippen LogP contribution in [0.4, 0.5) is 0 Å². The summed E-state index contributed by atoms with van der Waals surface area (Å²) in [5.41, 5.74) is 1.15. The van der Waals surface area contributed by atoms with E-state index in [2.05, 4.69) is 25.3 Å². The van der Waals surface area contributed by atoms with E-state index in [9.17, 15) is 0 Å². The van der Waals surface area contributed by atoms with Crippen LogP contribution in [0.5, 0.6) is 0 Å². The van der Waals surface area contributed by atoms with Gasteiger partial charge in [-0.05, 0) is 20.8 Å². The molecule has 2 nitrogen and oxygen atoms in total. The van der Waals surface area contributed by atoms with Gasteiger partial charge >= 0.3 is 0 Å². The van der Waals surface area contributed by atoms with Gasteiger partial charge in [0.15, 0.2) is 0 Å². The van der Waals surface area contributed by atoms with Crippen LogP contribution in [-0.4, -0.2) is 30.2 Å². The third-order valence-corrected chi connectivity index (χ3v) is 1.85. The first-order valence-corrected chi connectivity index (χ1v) is 4.15. The van der Waals surface area contributed by atoms with Crippen molar-refractivity contribution >= 4 is 0 Å². The minimum absolute atomic E-state index is 0.354. The number of nitrogens with zero attached hydrogens (tertiary/aromatic N) is 1. The van der Waals surface area contributed by atoms with E-state index in [1.165, 1.54) is 0 Å². The highest BCUT2D eigenvalue weighted by molar-refractivity contribution is 4.97. The second-order valence-corrected chi connectivity index (χ2v) is 3.45. The molecule has 0 unspecified atom stereocenters. The van der Waals surface area contributed by atoms with Crippen molar-refractivity contribution in [1.82, 2.24) is 4.90 Å². The van der Waals surface area contributed by atoms with Gasteiger partial charge in [0, 0.05) is 18.8 Å². The fraction of sp³-hybridized carbons (Fsp3) is 0.778. The maximum atomic E-state index is 5.58. The summed E-state index contributed by atoms with van der Waals surface area (Å²) < 4.78 is 5.58. The molecule has 0 aromatic carbocycles. The molecule has 1 aliphatic heterocycles. The second-order valence-electron chi connectivity index (χ2n) is 3.45. The van der Waals surface area contributed by atoms with E-state index in [4.69, 9.17) is 4.74 Å². The molecule has 1 saturated heterocycles. The van der Waals surface area contributed by atoms with Gasteiger partial charge < -0.3 is 9.64 Å². The summed E-state index contributed by atoms with van der Waals surface area (Å²) >= 11 is 0. The number of ether oxygens (including phenoxy) is 1. The minimum Gasteiger partial charge on any atom is -0.372 e. The molecule has 0 atom stereocenters. The zero-order valence-corrected chi connectivity index (χ0v) is 7.63. The van der Waals surface area contributed by atoms with Gasteiger partial charge in [0.1, 0.15) is 0 Å². The number of rotatable bonds is 3. The van der Waals surface area contributed by atoms with E-state index in [0.29, 0.717) is 12.2 Å². The lowest BCUT2D eigenvalue weighted by molar-refractivity contribution is -0.0680. The van der Waals surface area contributed by atoms with Crippen molar-refractivity contribution in [3.05, 3.63) is 12.3 Å². The monoisotopic (exact) mass is 155 g/mol. The summed E-state index contributed by atoms with van der Waals surface area (Å²) in [6.45, 7) is 12.1. The van der Waals surface area contributed by atoms with E-state index in [1.807, 2.05) is 6.92 Å². The average Bonchev–Trinajstić information content (AvgIpc) is 1.75. The molecule has 1 aliphatic rings. The number of likely N-dealkylation sites (tertiary alicyclic amines) is 1. The summed E-state index contributed by atoms with van der Waals surface area (Å²) in [5, 5.41) is 0. The molecule has 1 heterocycles. The molecule has 0 spiro atoms. The Bertz CT molecular complexity index is 148. The molecule has 11 heavy (non-hydrogen) atoms. The predicted molar refractivity (Wildman–Crippen MR) is 46.4 cm³/mol. The predicted octanol–water partition coefficient (Wildman–Crippen LogP) is 1.63. The molecular weight excluding hydrogens is 138 g/mol. The van der Waals surface area contributed by atoms with Crippen LogP contribution in [0.25, 0.3) is 0 Å². The topological polar surface area (TPSA) is 12.5 Å². The van der Waals surface area contributed by atoms with Gasteiger partial charge in [0.05, 0.1) is 12.2 Å². The van der Waals surface area contributed by atoms with Crippen molar-refractivity contribution in [2.75, 3.05) is 13.1 Å². The highest BCUT2D eigenvalue weighted by Crippen LogP contribution is 2.17. The maximum absolute atomic E-state index is 5.58. The van der Waals surface area contributed by atoms with Gasteiger partial charge in [0.2, 0.25) is 0 Å². The first kappa shape index (κ1) is 8.60. The molecule has 0 aromatic rings. The van der Waals surface area contributed by atoms with Crippen LogP contribution < -0.4 is 0 Å². The molecular formula is C9H17NO. The highest BCUT2D eigenvalue weighted by Gasteiger charge is 2.27. The first-order valence-electron chi connectivity index (χ1n) is 4.15. The number of hydrogen-bond donors (Lipinski definition) is 0. The van der Waals surface area contributed by atoms with Crippen molar-refractivity contribution < 1.29 is 4.74 Å². The van der Waals surface area contributed by atoms with Gasteiger partial charge in [-0.25, -0.2) is 0 Å². The van der Waals surface area contributed by atoms with E-state index in [1.54, 1.807) is 0 Å². The molecule has 1 rings (SSSR count). The molecule has 64 valence electrons. The van der Waals surface area contributed by atoms with Crippen molar-refractivity contribution in [3.8, 4) is 0 Å². The minimum atomic E-state index is 0.354. The summed E-state index contributed by atoms with van der Waals surface area (Å²) in [6, 6.07) is 0. The molecule has 0 aliphatic carbocycles. The normalized spacial score (nSPS) is 18.7. The third kappa shape index (κ3) is 2.22. The summed E-state index contributed by atoms with van der Waals surface area (Å²) in [7, 11) is 0. The molecule has 0 bridgehead atoms. The van der Waals surface area contributed by atoms with Crippen LogP contribution in [0, 0.1) is 0 Å². The highest BCUT2D eigenvalue weighted by atomic mass is 16.5. The standard InChI is InChI=1S/C9H17NO/c1-7(2)10-5-9(6-10)11-8(3)4/h8-9H,1,5-6H2,2-4H3. The van der Waals surface area contributed by atoms with E-state index in [-0.39, 0.29) is 0 Å². The van der Waals surface area contributed by atoms with Crippen LogP contribution in [0.1, 0.15) is 20.8 Å². The van der Waals surface area contributed by atoms with Crippen LogP contribution in [0.2, 0.25) is 0 Å². The molecule has 0 saturated carbocycles. The molecule has 0 amide bonds. The largest absolute Gasteiger partial charge is 0.372 e. The average molecular weight is 155 g/mol. The van der Waals surface area contributed by atoms with E-state index < -0.39 is 0 Å². The van der Waals surface area contributed by atoms with Crippen LogP contribution in [-0.2, 0) is 4.74 Å². The molecule has 0 N–H and O–H groups in total. The molecule has 1 fully saturated rings. The fourth-order valence-corrected chi connectivity index (χ4v) is 1.22. The second kappa shape index (κ2) is 3.26. The lowest BCUT2D eigenvalue weighted by Crippen LogP contribution is -2.51.